The summed E-state index contributed by atoms with van der Waals surface area (Å²) in [6.45, 7) is 4.09. The van der Waals surface area contributed by atoms with Gasteiger partial charge in [-0.25, -0.2) is 9.37 Å². The molecule has 3 nitrogen and oxygen atoms in total. The second-order valence-electron chi connectivity index (χ2n) is 5.55. The molecule has 1 N–H and O–H groups in total. The average Bonchev–Trinajstić information content (AvgIpc) is 2.92. The number of nitrogens with one attached hydrogen (secondary N) is 1. The fourth-order valence-electron chi connectivity index (χ4n) is 2.40. The number of rotatable bonds is 5. The lowest BCUT2D eigenvalue weighted by molar-refractivity contribution is -0.115. The molecule has 1 amide bonds. The minimum Gasteiger partial charge on any atom is -0.302 e. The van der Waals surface area contributed by atoms with Crippen LogP contribution in [-0.2, 0) is 4.79 Å². The molecule has 0 aliphatic rings. The van der Waals surface area contributed by atoms with Gasteiger partial charge in [-0.1, -0.05) is 17.4 Å². The van der Waals surface area contributed by atoms with Crippen LogP contribution in [0.4, 0.5) is 9.52 Å². The summed E-state index contributed by atoms with van der Waals surface area (Å²) in [5.41, 5.74) is 3.27. The van der Waals surface area contributed by atoms with Gasteiger partial charge in [0, 0.05) is 17.1 Å². The smallest absolute Gasteiger partial charge is 0.226 e. The van der Waals surface area contributed by atoms with Crippen LogP contribution < -0.4 is 5.32 Å². The molecule has 6 heteroatoms. The first kappa shape index (κ1) is 16.9. The molecule has 0 spiro atoms. The number of halogens is 1. The lowest BCUT2D eigenvalue weighted by atomic mass is 10.1. The Hall–Kier alpha value is -1.92. The van der Waals surface area contributed by atoms with E-state index in [-0.39, 0.29) is 11.7 Å². The van der Waals surface area contributed by atoms with Crippen molar-refractivity contribution in [2.75, 3.05) is 11.1 Å². The molecule has 124 valence electrons. The van der Waals surface area contributed by atoms with Crippen molar-refractivity contribution in [1.82, 2.24) is 4.98 Å². The monoisotopic (exact) mass is 360 g/mol. The van der Waals surface area contributed by atoms with Crippen LogP contribution in [0.1, 0.15) is 17.5 Å². The van der Waals surface area contributed by atoms with Crippen molar-refractivity contribution >= 4 is 44.4 Å². The van der Waals surface area contributed by atoms with Crippen LogP contribution in [-0.4, -0.2) is 16.6 Å². The highest BCUT2D eigenvalue weighted by Crippen LogP contribution is 2.30. The Balaban J connectivity index is 1.57. The lowest BCUT2D eigenvalue weighted by Gasteiger charge is -2.02. The summed E-state index contributed by atoms with van der Waals surface area (Å²) in [4.78, 5) is 17.5. The van der Waals surface area contributed by atoms with Crippen molar-refractivity contribution in [3.05, 3.63) is 53.3 Å². The number of aryl methyl sites for hydroxylation is 2. The normalized spacial score (nSPS) is 11.0. The molecular formula is C18H17FN2OS2. The summed E-state index contributed by atoms with van der Waals surface area (Å²) >= 11 is 3.03. The van der Waals surface area contributed by atoms with E-state index in [0.29, 0.717) is 17.3 Å². The minimum absolute atomic E-state index is 0.0574. The first-order chi connectivity index (χ1) is 11.5. The highest BCUT2D eigenvalue weighted by molar-refractivity contribution is 7.99. The molecular weight excluding hydrogens is 343 g/mol. The zero-order chi connectivity index (χ0) is 17.1. The maximum Gasteiger partial charge on any atom is 0.226 e. The first-order valence-corrected chi connectivity index (χ1v) is 9.37. The van der Waals surface area contributed by atoms with Gasteiger partial charge < -0.3 is 5.32 Å². The standard InChI is InChI=1S/C18H17FN2OS2/c1-11-9-12(2)17-15(10-11)20-18(24-17)21-16(22)7-8-23-14-5-3-13(19)4-6-14/h3-6,9-10H,7-8H2,1-2H3,(H,20,21,22). The van der Waals surface area contributed by atoms with E-state index < -0.39 is 0 Å². The van der Waals surface area contributed by atoms with Gasteiger partial charge in [0.05, 0.1) is 10.2 Å². The second-order valence-corrected chi connectivity index (χ2v) is 7.72. The molecule has 2 aromatic carbocycles. The van der Waals surface area contributed by atoms with Crippen molar-refractivity contribution in [1.29, 1.82) is 0 Å². The van der Waals surface area contributed by atoms with Crippen LogP contribution in [0.5, 0.6) is 0 Å². The van der Waals surface area contributed by atoms with Gasteiger partial charge in [-0.2, -0.15) is 0 Å². The summed E-state index contributed by atoms with van der Waals surface area (Å²) in [5, 5.41) is 3.50. The van der Waals surface area contributed by atoms with Crippen molar-refractivity contribution in [2.45, 2.75) is 25.2 Å². The van der Waals surface area contributed by atoms with Crippen LogP contribution in [0.25, 0.3) is 10.2 Å². The number of thiazole rings is 1. The summed E-state index contributed by atoms with van der Waals surface area (Å²) < 4.78 is 13.9. The molecule has 3 rings (SSSR count). The zero-order valence-electron chi connectivity index (χ0n) is 13.4. The Kier molecular flexibility index (Phi) is 5.16. The summed E-state index contributed by atoms with van der Waals surface area (Å²) in [6.07, 6.45) is 0.385. The number of benzene rings is 2. The van der Waals surface area contributed by atoms with Gasteiger partial charge in [-0.3, -0.25) is 4.79 Å². The molecule has 0 radical (unpaired) electrons. The number of nitrogens with zero attached hydrogens (tertiary/aromatic N) is 1. The molecule has 1 aromatic heterocycles. The van der Waals surface area contributed by atoms with Crippen LogP contribution in [0.15, 0.2) is 41.3 Å². The van der Waals surface area contributed by atoms with Crippen LogP contribution in [0.2, 0.25) is 0 Å². The Morgan fingerprint density at radius 1 is 1.25 bits per heavy atom. The van der Waals surface area contributed by atoms with Gasteiger partial charge in [-0.05, 0) is 55.3 Å². The lowest BCUT2D eigenvalue weighted by Crippen LogP contribution is -2.11. The molecule has 1 heterocycles. The van der Waals surface area contributed by atoms with E-state index in [9.17, 15) is 9.18 Å². The van der Waals surface area contributed by atoms with Gasteiger partial charge in [0.2, 0.25) is 5.91 Å². The van der Waals surface area contributed by atoms with Crippen LogP contribution >= 0.6 is 23.1 Å². The van der Waals surface area contributed by atoms with Crippen LogP contribution in [0, 0.1) is 19.7 Å². The molecule has 24 heavy (non-hydrogen) atoms. The average molecular weight is 360 g/mol. The van der Waals surface area contributed by atoms with E-state index in [1.54, 1.807) is 12.1 Å². The molecule has 0 fully saturated rings. The van der Waals surface area contributed by atoms with Gasteiger partial charge in [-0.15, -0.1) is 11.8 Å². The molecule has 0 saturated carbocycles. The number of thioether (sulfide) groups is 1. The van der Waals surface area contributed by atoms with E-state index in [1.165, 1.54) is 46.4 Å². The Labute approximate surface area is 148 Å². The fraction of sp³-hybridized carbons (Fsp3) is 0.222. The van der Waals surface area contributed by atoms with Crippen molar-refractivity contribution in [3.8, 4) is 0 Å². The van der Waals surface area contributed by atoms with Crippen molar-refractivity contribution < 1.29 is 9.18 Å². The van der Waals surface area contributed by atoms with E-state index in [1.807, 2.05) is 13.0 Å². The largest absolute Gasteiger partial charge is 0.302 e. The highest BCUT2D eigenvalue weighted by Gasteiger charge is 2.10. The predicted octanol–water partition coefficient (Wildman–Crippen LogP) is 5.17. The third-order valence-electron chi connectivity index (χ3n) is 3.48. The number of carbonyl (C=O) groups excluding carboxylic acids is 1. The van der Waals surface area contributed by atoms with Crippen molar-refractivity contribution in [3.63, 3.8) is 0 Å². The SMILES string of the molecule is Cc1cc(C)c2sc(NC(=O)CCSc3ccc(F)cc3)nc2c1. The Bertz CT molecular complexity index is 875. The molecule has 3 aromatic rings. The minimum atomic E-state index is -0.251. The number of hydrogen-bond donors (Lipinski definition) is 1. The quantitative estimate of drug-likeness (QED) is 0.638. The van der Waals surface area contributed by atoms with Crippen LogP contribution in [0.3, 0.4) is 0 Å². The Morgan fingerprint density at radius 2 is 2.00 bits per heavy atom. The number of fused-ring (bicyclic) bond motifs is 1. The Morgan fingerprint density at radius 3 is 2.75 bits per heavy atom. The van der Waals surface area contributed by atoms with E-state index in [2.05, 4.69) is 23.3 Å². The third kappa shape index (κ3) is 4.13. The summed E-state index contributed by atoms with van der Waals surface area (Å²) in [6, 6.07) is 10.4. The number of aromatic nitrogens is 1. The van der Waals surface area contributed by atoms with E-state index >= 15 is 0 Å². The number of anilines is 1. The van der Waals surface area contributed by atoms with E-state index in [4.69, 9.17) is 0 Å². The summed E-state index contributed by atoms with van der Waals surface area (Å²) in [7, 11) is 0. The third-order valence-corrected chi connectivity index (χ3v) is 5.61. The van der Waals surface area contributed by atoms with Gasteiger partial charge in [0.1, 0.15) is 5.82 Å². The molecule has 0 atom stereocenters. The number of amides is 1. The molecule has 0 aliphatic heterocycles. The second kappa shape index (κ2) is 7.32. The van der Waals surface area contributed by atoms with Crippen molar-refractivity contribution in [2.24, 2.45) is 0 Å². The van der Waals surface area contributed by atoms with E-state index in [0.717, 1.165) is 15.1 Å². The van der Waals surface area contributed by atoms with Gasteiger partial charge in [0.15, 0.2) is 5.13 Å². The zero-order valence-corrected chi connectivity index (χ0v) is 15.1. The first-order valence-electron chi connectivity index (χ1n) is 7.57. The topological polar surface area (TPSA) is 42.0 Å². The molecule has 0 bridgehead atoms. The summed E-state index contributed by atoms with van der Waals surface area (Å²) in [5.74, 6) is 0.331. The predicted molar refractivity (Wildman–Crippen MR) is 99.5 cm³/mol. The fourth-order valence-corrected chi connectivity index (χ4v) is 4.19. The maximum absolute atomic E-state index is 12.8. The van der Waals surface area contributed by atoms with Gasteiger partial charge >= 0.3 is 0 Å². The molecule has 0 aliphatic carbocycles. The molecule has 0 saturated heterocycles. The number of hydrogen-bond acceptors (Lipinski definition) is 4. The number of carbonyl (C=O) groups is 1. The molecule has 0 unspecified atom stereocenters. The highest BCUT2D eigenvalue weighted by atomic mass is 32.2. The maximum atomic E-state index is 12.8. The van der Waals surface area contributed by atoms with Gasteiger partial charge in [0.25, 0.3) is 0 Å².